The number of nitrogens with two attached hydrogens (primary N) is 2. The van der Waals surface area contributed by atoms with E-state index in [2.05, 4.69) is 31.0 Å². The molecule has 221 valence electrons. The number of primary sulfonamides is 2. The van der Waals surface area contributed by atoms with Crippen molar-refractivity contribution in [3.8, 4) is 0 Å². The van der Waals surface area contributed by atoms with Crippen molar-refractivity contribution in [1.82, 2.24) is 30.2 Å². The molecule has 0 spiro atoms. The maximum absolute atomic E-state index is 12.3. The molecule has 2 rings (SSSR count). The van der Waals surface area contributed by atoms with E-state index in [0.29, 0.717) is 22.7 Å². The van der Waals surface area contributed by atoms with E-state index in [9.17, 15) is 36.0 Å². The van der Waals surface area contributed by atoms with E-state index in [1.807, 2.05) is 0 Å². The summed E-state index contributed by atoms with van der Waals surface area (Å²) in [6.45, 7) is -2.70. The van der Waals surface area contributed by atoms with Crippen LogP contribution >= 0.6 is 22.7 Å². The Morgan fingerprint density at radius 2 is 1.03 bits per heavy atom. The average Bonchev–Trinajstić information content (AvgIpc) is 3.40. The first-order chi connectivity index (χ1) is 17.5. The molecule has 2 aromatic rings. The zero-order valence-electron chi connectivity index (χ0n) is 19.2. The normalized spacial score (nSPS) is 11.7. The van der Waals surface area contributed by atoms with E-state index in [-0.39, 0.29) is 40.4 Å². The van der Waals surface area contributed by atoms with Gasteiger partial charge in [0.15, 0.2) is 0 Å². The Hall–Kier alpha value is -2.74. The van der Waals surface area contributed by atoms with Crippen LogP contribution < -0.4 is 20.9 Å². The van der Waals surface area contributed by atoms with Crippen LogP contribution in [-0.4, -0.2) is 120 Å². The molecule has 0 aliphatic carbocycles. The van der Waals surface area contributed by atoms with Crippen LogP contribution in [0.1, 0.15) is 0 Å². The first kappa shape index (κ1) is 34.3. The van der Waals surface area contributed by atoms with Gasteiger partial charge >= 0.3 is 11.9 Å². The number of nitrogens with one attached hydrogen (secondary N) is 2. The zero-order valence-corrected chi connectivity index (χ0v) is 23.4. The van der Waals surface area contributed by atoms with E-state index in [0.717, 1.165) is 9.80 Å². The van der Waals surface area contributed by atoms with Crippen LogP contribution in [0, 0.1) is 0 Å². The molecule has 20 nitrogen and oxygen atoms in total. The average molecular weight is 680 g/mol. The fraction of sp³-hybridized carbons (Fsp3) is 0.429. The summed E-state index contributed by atoms with van der Waals surface area (Å²) in [5.41, 5.74) is 0. The van der Waals surface area contributed by atoms with Crippen molar-refractivity contribution >= 4 is 76.7 Å². The number of amides is 2. The van der Waals surface area contributed by atoms with Gasteiger partial charge in [-0.2, -0.15) is 0 Å². The predicted molar refractivity (Wildman–Crippen MR) is 128 cm³/mol. The molecule has 2 heterocycles. The SMILES string of the molecule is NS(=O)(=O)c1nnc(NC(=O)CN(CCN(CC(=O)O)CC(=O)Nc2nnc(S(N)(=O)=O)s2)CC(=O)O)s1.[Cu]. The molecule has 0 saturated carbocycles. The Bertz CT molecular complexity index is 1310. The minimum absolute atomic E-state index is 0. The molecule has 0 bridgehead atoms. The van der Waals surface area contributed by atoms with Crippen molar-refractivity contribution < 1.29 is 63.3 Å². The summed E-state index contributed by atoms with van der Waals surface area (Å²) in [5, 5.41) is 45.8. The third kappa shape index (κ3) is 12.3. The second-order valence-electron chi connectivity index (χ2n) is 7.14. The number of aliphatic carboxylic acids is 2. The number of carbonyl (C=O) groups excluding carboxylic acids is 2. The molecular weight excluding hydrogens is 660 g/mol. The molecule has 0 saturated heterocycles. The molecule has 0 unspecified atom stereocenters. The Labute approximate surface area is 238 Å². The van der Waals surface area contributed by atoms with Crippen LogP contribution in [0.5, 0.6) is 0 Å². The van der Waals surface area contributed by atoms with Gasteiger partial charge in [0, 0.05) is 30.2 Å². The Morgan fingerprint density at radius 1 is 0.692 bits per heavy atom. The molecular formula is C14H20CuN10O10S4. The minimum Gasteiger partial charge on any atom is -0.480 e. The number of nitrogens with zero attached hydrogens (tertiary/aromatic N) is 6. The summed E-state index contributed by atoms with van der Waals surface area (Å²) in [7, 11) is -8.28. The number of carboxylic acids is 2. The molecule has 2 aromatic heterocycles. The van der Waals surface area contributed by atoms with Gasteiger partial charge in [0.05, 0.1) is 26.2 Å². The topological polar surface area (TPSA) is 311 Å². The Balaban J connectivity index is 0.00000760. The summed E-state index contributed by atoms with van der Waals surface area (Å²) in [4.78, 5) is 49.3. The molecule has 1 radical (unpaired) electrons. The van der Waals surface area contributed by atoms with Gasteiger partial charge in [-0.25, -0.2) is 27.1 Å². The number of carbonyl (C=O) groups is 4. The summed E-state index contributed by atoms with van der Waals surface area (Å²) < 4.78 is 44.0. The van der Waals surface area contributed by atoms with Gasteiger partial charge in [0.25, 0.3) is 20.0 Å². The summed E-state index contributed by atoms with van der Waals surface area (Å²) in [6, 6.07) is 0. The fourth-order valence-electron chi connectivity index (χ4n) is 2.57. The van der Waals surface area contributed by atoms with Gasteiger partial charge < -0.3 is 10.2 Å². The van der Waals surface area contributed by atoms with E-state index in [1.165, 1.54) is 0 Å². The number of aromatic nitrogens is 4. The molecule has 0 atom stereocenters. The largest absolute Gasteiger partial charge is 0.480 e. The number of sulfonamides is 2. The van der Waals surface area contributed by atoms with E-state index in [1.54, 1.807) is 0 Å². The minimum atomic E-state index is -4.14. The number of anilines is 2. The summed E-state index contributed by atoms with van der Waals surface area (Å²) >= 11 is 0.951. The van der Waals surface area contributed by atoms with Crippen LogP contribution in [0.15, 0.2) is 8.68 Å². The standard InChI is InChI=1S/C14H20N10O10S4.Cu/c15-37(31,32)13-21-19-11(35-13)17-7(25)3-23(5-9(27)28)1-2-24(6-10(29)30)4-8(26)18-12-20-22-14(36-12)38(16,33)34;/h1-6H2,(H,27,28)(H,29,30)(H2,15,31,32)(H2,16,33,34)(H,17,19,25)(H,18,20,26);. The van der Waals surface area contributed by atoms with Crippen LogP contribution in [-0.2, 0) is 56.3 Å². The van der Waals surface area contributed by atoms with Gasteiger partial charge in [0.2, 0.25) is 30.8 Å². The second kappa shape index (κ2) is 14.6. The van der Waals surface area contributed by atoms with E-state index < -0.39 is 78.7 Å². The molecule has 2 amide bonds. The molecule has 0 aromatic carbocycles. The first-order valence-electron chi connectivity index (χ1n) is 9.73. The summed E-state index contributed by atoms with van der Waals surface area (Å²) in [6.07, 6.45) is 0. The Kier molecular flexibility index (Phi) is 12.8. The van der Waals surface area contributed by atoms with Crippen molar-refractivity contribution in [2.24, 2.45) is 10.3 Å². The summed E-state index contributed by atoms with van der Waals surface area (Å²) in [5.74, 6) is -4.19. The predicted octanol–water partition coefficient (Wildman–Crippen LogP) is -3.97. The van der Waals surface area contributed by atoms with Gasteiger partial charge in [-0.15, -0.1) is 20.4 Å². The van der Waals surface area contributed by atoms with E-state index in [4.69, 9.17) is 20.5 Å². The molecule has 0 fully saturated rings. The molecule has 0 aliphatic heterocycles. The van der Waals surface area contributed by atoms with Gasteiger partial charge in [0.1, 0.15) is 0 Å². The quantitative estimate of drug-likeness (QED) is 0.0772. The number of hydrogen-bond donors (Lipinski definition) is 6. The Morgan fingerprint density at radius 3 is 1.28 bits per heavy atom. The monoisotopic (exact) mass is 679 g/mol. The van der Waals surface area contributed by atoms with Gasteiger partial charge in [-0.05, 0) is 0 Å². The third-order valence-electron chi connectivity index (χ3n) is 3.98. The van der Waals surface area contributed by atoms with Crippen LogP contribution in [0.25, 0.3) is 0 Å². The maximum Gasteiger partial charge on any atom is 0.317 e. The van der Waals surface area contributed by atoms with Crippen molar-refractivity contribution in [2.75, 3.05) is 49.9 Å². The molecule has 8 N–H and O–H groups in total. The third-order valence-corrected chi connectivity index (χ3v) is 8.27. The molecule has 25 heteroatoms. The van der Waals surface area contributed by atoms with Gasteiger partial charge in [-0.1, -0.05) is 22.7 Å². The van der Waals surface area contributed by atoms with Crippen molar-refractivity contribution in [3.05, 3.63) is 0 Å². The van der Waals surface area contributed by atoms with E-state index >= 15 is 0 Å². The fourth-order valence-corrected chi connectivity index (χ4v) is 5.27. The molecule has 39 heavy (non-hydrogen) atoms. The smallest absolute Gasteiger partial charge is 0.317 e. The van der Waals surface area contributed by atoms with Crippen molar-refractivity contribution in [2.45, 2.75) is 8.68 Å². The number of rotatable bonds is 15. The van der Waals surface area contributed by atoms with Crippen LogP contribution in [0.2, 0.25) is 0 Å². The first-order valence-corrected chi connectivity index (χ1v) is 14.5. The van der Waals surface area contributed by atoms with Gasteiger partial charge in [-0.3, -0.25) is 39.6 Å². The van der Waals surface area contributed by atoms with Crippen LogP contribution in [0.4, 0.5) is 10.3 Å². The maximum atomic E-state index is 12.3. The number of carboxylic acid groups (broad SMARTS) is 2. The van der Waals surface area contributed by atoms with Crippen LogP contribution in [0.3, 0.4) is 0 Å². The second-order valence-corrected chi connectivity index (χ2v) is 12.6. The van der Waals surface area contributed by atoms with Crippen molar-refractivity contribution in [3.63, 3.8) is 0 Å². The molecule has 0 aliphatic rings. The zero-order chi connectivity index (χ0) is 28.7. The van der Waals surface area contributed by atoms with Crippen molar-refractivity contribution in [1.29, 1.82) is 0 Å². The number of hydrogen-bond acceptors (Lipinski definition) is 16.